The van der Waals surface area contributed by atoms with Crippen LogP contribution in [0.5, 0.6) is 0 Å². The summed E-state index contributed by atoms with van der Waals surface area (Å²) >= 11 is 3.53. The van der Waals surface area contributed by atoms with Crippen LogP contribution in [0.3, 0.4) is 0 Å². The summed E-state index contributed by atoms with van der Waals surface area (Å²) in [5.41, 5.74) is 4.75. The number of aliphatic imine (C=N–C) groups is 1. The summed E-state index contributed by atoms with van der Waals surface area (Å²) in [5.74, 6) is 0. The fourth-order valence-corrected chi connectivity index (χ4v) is 4.17. The first-order valence-electron chi connectivity index (χ1n) is 11.7. The van der Waals surface area contributed by atoms with E-state index in [2.05, 4.69) is 97.2 Å². The fraction of sp³-hybridized carbons (Fsp3) is 0.481. The molecule has 0 bridgehead atoms. The first kappa shape index (κ1) is 24.7. The Morgan fingerprint density at radius 3 is 1.90 bits per heavy atom. The van der Waals surface area contributed by atoms with E-state index in [1.807, 2.05) is 0 Å². The Morgan fingerprint density at radius 1 is 0.700 bits per heavy atom. The van der Waals surface area contributed by atoms with Crippen molar-refractivity contribution in [2.75, 3.05) is 0 Å². The fourth-order valence-electron chi connectivity index (χ4n) is 3.56. The van der Waals surface area contributed by atoms with Crippen molar-refractivity contribution in [3.05, 3.63) is 60.7 Å². The molecule has 0 aromatic heterocycles. The molecule has 30 heavy (non-hydrogen) atoms. The van der Waals surface area contributed by atoms with Gasteiger partial charge in [0.05, 0.1) is 0 Å². The number of para-hydroxylation sites is 2. The van der Waals surface area contributed by atoms with Crippen LogP contribution in [0.4, 0.5) is 11.4 Å². The van der Waals surface area contributed by atoms with Crippen LogP contribution >= 0.6 is 0 Å². The zero-order valence-electron chi connectivity index (χ0n) is 18.8. The maximum absolute atomic E-state index is 5.12. The van der Waals surface area contributed by atoms with Gasteiger partial charge in [-0.2, -0.15) is 0 Å². The van der Waals surface area contributed by atoms with E-state index in [1.165, 1.54) is 74.9 Å². The zero-order chi connectivity index (χ0) is 21.4. The second-order valence-corrected chi connectivity index (χ2v) is 8.60. The van der Waals surface area contributed by atoms with Crippen LogP contribution in [0.25, 0.3) is 0 Å². The Balaban J connectivity index is 2.23. The molecule has 2 aromatic rings. The molecule has 0 N–H and O–H groups in total. The monoisotopic (exact) mass is 496 g/mol. The predicted molar refractivity (Wildman–Crippen MR) is 127 cm³/mol. The Labute approximate surface area is 195 Å². The van der Waals surface area contributed by atoms with E-state index in [0.717, 1.165) is 18.5 Å². The van der Waals surface area contributed by atoms with E-state index >= 15 is 0 Å². The van der Waals surface area contributed by atoms with Gasteiger partial charge >= 0.3 is 196 Å². The van der Waals surface area contributed by atoms with Crippen LogP contribution in [0, 0.1) is 0 Å². The molecule has 0 unspecified atom stereocenters. The van der Waals surface area contributed by atoms with E-state index in [-0.39, 0.29) is 0 Å². The molecule has 3 heteroatoms. The van der Waals surface area contributed by atoms with E-state index in [9.17, 15) is 0 Å². The standard InChI is InChI=1S/C27H38N2.Pd/c1-3-5-7-8-9-10-17-23-27(29-25-20-15-12-16-21-25)26(22-6-4-2)28-24-18-13-11-14-19-24;/h11-16,18-21H,3-10,17,22-23H2,1-2H3;/q;+1. The van der Waals surface area contributed by atoms with Gasteiger partial charge in [-0.1, -0.05) is 0 Å². The van der Waals surface area contributed by atoms with Gasteiger partial charge in [-0.25, -0.2) is 0 Å². The van der Waals surface area contributed by atoms with Gasteiger partial charge < -0.3 is 0 Å². The molecule has 165 valence electrons. The van der Waals surface area contributed by atoms with E-state index in [1.54, 1.807) is 0 Å². The van der Waals surface area contributed by atoms with Gasteiger partial charge in [0.25, 0.3) is 0 Å². The van der Waals surface area contributed by atoms with Crippen LogP contribution in [0.1, 0.15) is 84.5 Å². The minimum atomic E-state index is 1.03. The van der Waals surface area contributed by atoms with E-state index in [0.29, 0.717) is 0 Å². The molecular formula is C27H38N2Pd+. The average Bonchev–Trinajstić information content (AvgIpc) is 2.79. The molecule has 2 aromatic carbocycles. The van der Waals surface area contributed by atoms with Crippen LogP contribution in [-0.4, -0.2) is 14.6 Å². The summed E-state index contributed by atoms with van der Waals surface area (Å²) in [6.07, 6.45) is 13.7. The van der Waals surface area contributed by atoms with Crippen molar-refractivity contribution >= 4 is 22.8 Å². The average molecular weight is 497 g/mol. The summed E-state index contributed by atoms with van der Waals surface area (Å²) in [4.78, 5) is 5.12. The van der Waals surface area contributed by atoms with Gasteiger partial charge in [0.1, 0.15) is 0 Å². The number of rotatable bonds is 14. The van der Waals surface area contributed by atoms with Gasteiger partial charge in [0.2, 0.25) is 0 Å². The Hall–Kier alpha value is -1.56. The maximum atomic E-state index is 5.12. The molecule has 0 radical (unpaired) electrons. The normalized spacial score (nSPS) is 12.7. The molecule has 2 nitrogen and oxygen atoms in total. The number of hydrogen-bond acceptors (Lipinski definition) is 1. The van der Waals surface area contributed by atoms with Gasteiger partial charge in [-0.15, -0.1) is 0 Å². The number of nitrogens with zero attached hydrogens (tertiary/aromatic N) is 2. The SMILES string of the molecule is CCCCCCCCCC(=Nc1ccccc1)C(CCCC)=[N+]([Pd])c1ccccc1. The van der Waals surface area contributed by atoms with Crippen LogP contribution in [0.15, 0.2) is 65.7 Å². The molecule has 0 aliphatic heterocycles. The van der Waals surface area contributed by atoms with Crippen molar-refractivity contribution in [2.24, 2.45) is 4.99 Å². The van der Waals surface area contributed by atoms with Crippen molar-refractivity contribution in [3.8, 4) is 0 Å². The van der Waals surface area contributed by atoms with E-state index in [4.69, 9.17) is 4.99 Å². The Kier molecular flexibility index (Phi) is 12.6. The van der Waals surface area contributed by atoms with E-state index < -0.39 is 0 Å². The van der Waals surface area contributed by atoms with Crippen LogP contribution < -0.4 is 0 Å². The first-order chi connectivity index (χ1) is 14.8. The van der Waals surface area contributed by atoms with Crippen molar-refractivity contribution in [2.45, 2.75) is 84.5 Å². The summed E-state index contributed by atoms with van der Waals surface area (Å²) in [6, 6.07) is 21.0. The molecule has 0 heterocycles. The summed E-state index contributed by atoms with van der Waals surface area (Å²) in [7, 11) is 0. The van der Waals surface area contributed by atoms with Crippen molar-refractivity contribution in [3.63, 3.8) is 0 Å². The molecule has 0 aliphatic carbocycles. The molecule has 0 atom stereocenters. The third-order valence-electron chi connectivity index (χ3n) is 5.32. The minimum absolute atomic E-state index is 1.03. The molecule has 0 spiro atoms. The van der Waals surface area contributed by atoms with Crippen LogP contribution in [0.2, 0.25) is 0 Å². The van der Waals surface area contributed by atoms with Crippen molar-refractivity contribution < 1.29 is 22.7 Å². The molecule has 2 rings (SSSR count). The molecule has 0 saturated carbocycles. The molecule has 0 fully saturated rings. The topological polar surface area (TPSA) is 15.4 Å². The Bertz CT molecular complexity index is 766. The third-order valence-corrected chi connectivity index (χ3v) is 6.15. The quantitative estimate of drug-likeness (QED) is 0.142. The number of unbranched alkanes of at least 4 members (excludes halogenated alkanes) is 7. The second kappa shape index (κ2) is 15.3. The number of benzene rings is 2. The second-order valence-electron chi connectivity index (χ2n) is 7.90. The summed E-state index contributed by atoms with van der Waals surface area (Å²) in [6.45, 7) is 4.53. The number of hydrogen-bond donors (Lipinski definition) is 0. The third kappa shape index (κ3) is 9.07. The molecule has 0 saturated heterocycles. The van der Waals surface area contributed by atoms with Crippen LogP contribution in [-0.2, 0) is 19.4 Å². The van der Waals surface area contributed by atoms with Gasteiger partial charge in [-0.05, 0) is 0 Å². The van der Waals surface area contributed by atoms with Gasteiger partial charge in [0, 0.05) is 0 Å². The summed E-state index contributed by atoms with van der Waals surface area (Å²) in [5, 5.41) is 0. The van der Waals surface area contributed by atoms with Gasteiger partial charge in [0.15, 0.2) is 0 Å². The van der Waals surface area contributed by atoms with Crippen molar-refractivity contribution in [1.29, 1.82) is 0 Å². The predicted octanol–water partition coefficient (Wildman–Crippen LogP) is 8.34. The molecule has 0 aliphatic rings. The first-order valence-corrected chi connectivity index (χ1v) is 12.4. The molecule has 0 amide bonds. The Morgan fingerprint density at radius 2 is 1.27 bits per heavy atom. The zero-order valence-corrected chi connectivity index (χ0v) is 20.3. The van der Waals surface area contributed by atoms with Gasteiger partial charge in [-0.3, -0.25) is 0 Å². The van der Waals surface area contributed by atoms with Crippen molar-refractivity contribution in [1.82, 2.24) is 0 Å². The summed E-state index contributed by atoms with van der Waals surface area (Å²) < 4.78 is 2.21. The molecular weight excluding hydrogens is 459 g/mol.